The van der Waals surface area contributed by atoms with Crippen molar-refractivity contribution in [2.24, 2.45) is 0 Å². The van der Waals surface area contributed by atoms with E-state index in [1.54, 1.807) is 18.2 Å². The highest BCUT2D eigenvalue weighted by Gasteiger charge is 2.16. The molecule has 2 aromatic rings. The monoisotopic (exact) mass is 445 g/mol. The topological polar surface area (TPSA) is 114 Å². The lowest BCUT2D eigenvalue weighted by molar-refractivity contribution is -0.123. The molecule has 3 N–H and O–H groups in total. The standard InChI is InChI=1S/C21H20FN3O5S/c1-2-11-23-21(29)25-18(26)12-30-20(28)16-5-3-4-6-17(16)31-13-19(27)24-15-9-7-14(22)8-10-15/h2-10H,1,11-13H2,(H,24,27)(H2,23,25,26,29). The lowest BCUT2D eigenvalue weighted by Gasteiger charge is -2.10. The van der Waals surface area contributed by atoms with Crippen molar-refractivity contribution in [2.75, 3.05) is 24.2 Å². The normalized spacial score (nSPS) is 9.97. The largest absolute Gasteiger partial charge is 0.452 e. The number of hydrogen-bond acceptors (Lipinski definition) is 6. The van der Waals surface area contributed by atoms with Gasteiger partial charge in [-0.05, 0) is 36.4 Å². The molecule has 0 aliphatic carbocycles. The molecule has 0 radical (unpaired) electrons. The average molecular weight is 445 g/mol. The molecule has 2 rings (SSSR count). The molecule has 10 heteroatoms. The second kappa shape index (κ2) is 12.1. The van der Waals surface area contributed by atoms with Crippen LogP contribution in [0.1, 0.15) is 10.4 Å². The van der Waals surface area contributed by atoms with E-state index in [-0.39, 0.29) is 23.8 Å². The molecular formula is C21H20FN3O5S. The molecule has 0 bridgehead atoms. The van der Waals surface area contributed by atoms with Crippen molar-refractivity contribution in [3.8, 4) is 0 Å². The number of nitrogens with one attached hydrogen (secondary N) is 3. The Kier molecular flexibility index (Phi) is 9.24. The lowest BCUT2D eigenvalue weighted by Crippen LogP contribution is -2.41. The molecule has 0 atom stereocenters. The average Bonchev–Trinajstić information content (AvgIpc) is 2.76. The summed E-state index contributed by atoms with van der Waals surface area (Å²) < 4.78 is 17.9. The Morgan fingerprint density at radius 2 is 1.74 bits per heavy atom. The Hall–Kier alpha value is -3.66. The molecule has 0 aliphatic heterocycles. The van der Waals surface area contributed by atoms with Crippen LogP contribution in [0.5, 0.6) is 0 Å². The summed E-state index contributed by atoms with van der Waals surface area (Å²) in [7, 11) is 0. The molecule has 0 heterocycles. The van der Waals surface area contributed by atoms with Crippen molar-refractivity contribution >= 4 is 41.3 Å². The second-order valence-corrected chi connectivity index (χ2v) is 6.98. The van der Waals surface area contributed by atoms with E-state index in [1.165, 1.54) is 36.4 Å². The number of esters is 1. The maximum atomic E-state index is 12.9. The van der Waals surface area contributed by atoms with Crippen LogP contribution in [0.4, 0.5) is 14.9 Å². The van der Waals surface area contributed by atoms with Gasteiger partial charge in [-0.2, -0.15) is 0 Å². The molecule has 0 spiro atoms. The van der Waals surface area contributed by atoms with Gasteiger partial charge in [-0.3, -0.25) is 14.9 Å². The van der Waals surface area contributed by atoms with Gasteiger partial charge in [0.25, 0.3) is 5.91 Å². The highest BCUT2D eigenvalue weighted by molar-refractivity contribution is 8.00. The summed E-state index contributed by atoms with van der Waals surface area (Å²) in [6, 6.07) is 11.0. The van der Waals surface area contributed by atoms with E-state index in [1.807, 2.05) is 5.32 Å². The van der Waals surface area contributed by atoms with Crippen molar-refractivity contribution in [3.63, 3.8) is 0 Å². The van der Waals surface area contributed by atoms with E-state index in [2.05, 4.69) is 17.2 Å². The van der Waals surface area contributed by atoms with E-state index >= 15 is 0 Å². The molecule has 4 amide bonds. The quantitative estimate of drug-likeness (QED) is 0.311. The fraction of sp³-hybridized carbons (Fsp3) is 0.143. The molecule has 0 aromatic heterocycles. The van der Waals surface area contributed by atoms with Crippen molar-refractivity contribution in [1.29, 1.82) is 0 Å². The first-order valence-corrected chi connectivity index (χ1v) is 10.0. The van der Waals surface area contributed by atoms with Crippen molar-refractivity contribution < 1.29 is 28.3 Å². The summed E-state index contributed by atoms with van der Waals surface area (Å²) in [5, 5.41) is 6.98. The Balaban J connectivity index is 1.87. The van der Waals surface area contributed by atoms with E-state index in [4.69, 9.17) is 4.74 Å². The minimum atomic E-state index is -0.793. The van der Waals surface area contributed by atoms with E-state index < -0.39 is 30.3 Å². The zero-order valence-electron chi connectivity index (χ0n) is 16.4. The van der Waals surface area contributed by atoms with Crippen LogP contribution in [0.3, 0.4) is 0 Å². The number of carbonyl (C=O) groups is 4. The number of imide groups is 1. The number of urea groups is 1. The number of rotatable bonds is 9. The van der Waals surface area contributed by atoms with Gasteiger partial charge in [0.15, 0.2) is 6.61 Å². The number of hydrogen-bond donors (Lipinski definition) is 3. The Morgan fingerprint density at radius 1 is 1.03 bits per heavy atom. The summed E-state index contributed by atoms with van der Waals surface area (Å²) in [6.07, 6.45) is 1.44. The van der Waals surface area contributed by atoms with Gasteiger partial charge in [0.2, 0.25) is 5.91 Å². The van der Waals surface area contributed by atoms with Gasteiger partial charge in [-0.15, -0.1) is 18.3 Å². The summed E-state index contributed by atoms with van der Waals surface area (Å²) in [5.41, 5.74) is 0.619. The SMILES string of the molecule is C=CCNC(=O)NC(=O)COC(=O)c1ccccc1SCC(=O)Nc1ccc(F)cc1. The van der Waals surface area contributed by atoms with Crippen LogP contribution >= 0.6 is 11.8 Å². The summed E-state index contributed by atoms with van der Waals surface area (Å²) >= 11 is 1.10. The number of ether oxygens (including phenoxy) is 1. The number of benzene rings is 2. The first-order valence-electron chi connectivity index (χ1n) is 9.02. The van der Waals surface area contributed by atoms with Crippen molar-refractivity contribution in [3.05, 3.63) is 72.6 Å². The van der Waals surface area contributed by atoms with Gasteiger partial charge >= 0.3 is 12.0 Å². The predicted octanol–water partition coefficient (Wildman–Crippen LogP) is 2.73. The maximum absolute atomic E-state index is 12.9. The predicted molar refractivity (Wildman–Crippen MR) is 114 cm³/mol. The summed E-state index contributed by atoms with van der Waals surface area (Å²) in [5.74, 6) is -2.33. The highest BCUT2D eigenvalue weighted by Crippen LogP contribution is 2.23. The van der Waals surface area contributed by atoms with Gasteiger partial charge < -0.3 is 15.4 Å². The third-order valence-corrected chi connectivity index (χ3v) is 4.66. The molecule has 0 saturated carbocycles. The van der Waals surface area contributed by atoms with Gasteiger partial charge in [-0.1, -0.05) is 18.2 Å². The first-order chi connectivity index (χ1) is 14.9. The minimum absolute atomic E-state index is 0.00830. The fourth-order valence-electron chi connectivity index (χ4n) is 2.22. The molecule has 2 aromatic carbocycles. The number of anilines is 1. The number of carbonyl (C=O) groups excluding carboxylic acids is 4. The van der Waals surface area contributed by atoms with Gasteiger partial charge in [0.05, 0.1) is 11.3 Å². The fourth-order valence-corrected chi connectivity index (χ4v) is 3.06. The maximum Gasteiger partial charge on any atom is 0.339 e. The molecule has 8 nitrogen and oxygen atoms in total. The minimum Gasteiger partial charge on any atom is -0.452 e. The molecule has 0 unspecified atom stereocenters. The van der Waals surface area contributed by atoms with E-state index in [0.29, 0.717) is 10.6 Å². The smallest absolute Gasteiger partial charge is 0.339 e. The van der Waals surface area contributed by atoms with Crippen LogP contribution < -0.4 is 16.0 Å². The van der Waals surface area contributed by atoms with Crippen molar-refractivity contribution in [2.45, 2.75) is 4.90 Å². The van der Waals surface area contributed by atoms with Crippen LogP contribution in [0, 0.1) is 5.82 Å². The Bertz CT molecular complexity index is 966. The highest BCUT2D eigenvalue weighted by atomic mass is 32.2. The Morgan fingerprint density at radius 3 is 2.45 bits per heavy atom. The zero-order chi connectivity index (χ0) is 22.6. The third-order valence-electron chi connectivity index (χ3n) is 3.59. The van der Waals surface area contributed by atoms with Gasteiger partial charge in [-0.25, -0.2) is 14.0 Å². The molecule has 31 heavy (non-hydrogen) atoms. The number of halogens is 1. The second-order valence-electron chi connectivity index (χ2n) is 5.96. The third kappa shape index (κ3) is 8.31. The molecular weight excluding hydrogens is 425 g/mol. The van der Waals surface area contributed by atoms with Crippen LogP contribution in [-0.2, 0) is 14.3 Å². The van der Waals surface area contributed by atoms with Crippen LogP contribution in [0.25, 0.3) is 0 Å². The first kappa shape index (κ1) is 23.6. The Labute approximate surface area is 182 Å². The van der Waals surface area contributed by atoms with Crippen LogP contribution in [0.2, 0.25) is 0 Å². The molecule has 0 saturated heterocycles. The van der Waals surface area contributed by atoms with E-state index in [9.17, 15) is 23.6 Å². The van der Waals surface area contributed by atoms with Crippen molar-refractivity contribution in [1.82, 2.24) is 10.6 Å². The number of thioether (sulfide) groups is 1. The zero-order valence-corrected chi connectivity index (χ0v) is 17.2. The lowest BCUT2D eigenvalue weighted by atomic mass is 10.2. The number of amides is 4. The molecule has 0 aliphatic rings. The van der Waals surface area contributed by atoms with Crippen LogP contribution in [-0.4, -0.2) is 42.7 Å². The summed E-state index contributed by atoms with van der Waals surface area (Å²) in [6.45, 7) is 2.96. The van der Waals surface area contributed by atoms with E-state index in [0.717, 1.165) is 11.8 Å². The molecule has 0 fully saturated rings. The van der Waals surface area contributed by atoms with Gasteiger partial charge in [0.1, 0.15) is 5.82 Å². The molecule has 162 valence electrons. The van der Waals surface area contributed by atoms with Crippen LogP contribution in [0.15, 0.2) is 66.1 Å². The summed E-state index contributed by atoms with van der Waals surface area (Å²) in [4.78, 5) is 48.0. The van der Waals surface area contributed by atoms with Gasteiger partial charge in [0, 0.05) is 17.1 Å².